The van der Waals surface area contributed by atoms with Crippen molar-refractivity contribution in [2.75, 3.05) is 52.5 Å². The predicted octanol–water partition coefficient (Wildman–Crippen LogP) is 20.3. The molecule has 0 aromatic heterocycles. The molecule has 0 aromatic rings. The van der Waals surface area contributed by atoms with Crippen molar-refractivity contribution in [3.63, 3.8) is 0 Å². The second-order valence-corrected chi connectivity index (χ2v) is 31.4. The van der Waals surface area contributed by atoms with Crippen molar-refractivity contribution in [1.29, 1.82) is 0 Å². The highest BCUT2D eigenvalue weighted by atomic mass is 16.5. The Hall–Kier alpha value is -0.240. The molecule has 0 amide bonds. The van der Waals surface area contributed by atoms with Gasteiger partial charge in [-0.3, -0.25) is 9.80 Å². The number of ether oxygens (including phenoxy) is 2. The first-order valence-corrected chi connectivity index (χ1v) is 37.0. The van der Waals surface area contributed by atoms with E-state index in [0.29, 0.717) is 12.0 Å². The van der Waals surface area contributed by atoms with Crippen LogP contribution >= 0.6 is 0 Å². The Morgan fingerprint density at radius 1 is 0.346 bits per heavy atom. The molecule has 11 fully saturated rings. The van der Waals surface area contributed by atoms with Crippen LogP contribution in [0.2, 0.25) is 0 Å². The van der Waals surface area contributed by atoms with Gasteiger partial charge in [0, 0.05) is 62.6 Å². The van der Waals surface area contributed by atoms with Gasteiger partial charge in [0.2, 0.25) is 0 Å². The van der Waals surface area contributed by atoms with Gasteiger partial charge in [0.05, 0.1) is 6.10 Å². The number of nitrogens with one attached hydrogen (secondary N) is 1. The molecule has 81 heavy (non-hydrogen) atoms. The summed E-state index contributed by atoms with van der Waals surface area (Å²) in [6.07, 6.45) is 46.7. The summed E-state index contributed by atoms with van der Waals surface area (Å²) in [5.41, 5.74) is 0. The molecule has 1 N–H and O–H groups in total. The van der Waals surface area contributed by atoms with Crippen molar-refractivity contribution in [3.05, 3.63) is 0 Å². The molecule has 2 aliphatic carbocycles. The first-order chi connectivity index (χ1) is 38.9. The molecular weight excluding hydrogens is 989 g/mol. The maximum Gasteiger partial charge on any atom is 0.0598 e. The summed E-state index contributed by atoms with van der Waals surface area (Å²) in [6, 6.07) is 5.56. The summed E-state index contributed by atoms with van der Waals surface area (Å²) in [7, 11) is 0. The van der Waals surface area contributed by atoms with Crippen LogP contribution in [0.5, 0.6) is 0 Å². The standard InChI is InChI=1S/3C10H19N.C10H20.C9H19N.C9H18O.C9H18.C8H16O/c1-8(2)10-6-5-9-4-3-7-11(9)10;1-8(2)9-6-10-4-3-5-11(10)7-9;1-8(2)11-9-4-3-5-10(11)7-6-9;1-9(2)10-7-5-3-4-6-8-10;1-8(2)9-4-3-6-10-7-5-9;1-8(2)9-5-3-4-6-10-7-9;1-8(2)9-6-4-3-5-7-9;1-7(2)8-5-3-4-6-9-8/h3*8-10H,3-7H2,1-2H3;9-10H,3-8H2,1-2H3;8-10H,3-7H2,1-2H3;8-9H,3-7H2,1-2H3;8-9H,3-7H2,1-2H3;7-8H,3-6H2,1-2H3. The van der Waals surface area contributed by atoms with Crippen molar-refractivity contribution in [2.24, 2.45) is 71.0 Å². The lowest BCUT2D eigenvalue weighted by Gasteiger charge is -2.37. The van der Waals surface area contributed by atoms with E-state index >= 15 is 0 Å². The normalized spacial score (nSPS) is 31.3. The molecule has 2 saturated carbocycles. The van der Waals surface area contributed by atoms with E-state index in [9.17, 15) is 0 Å². The van der Waals surface area contributed by atoms with Gasteiger partial charge in [-0.25, -0.2) is 0 Å². The molecule has 2 bridgehead atoms. The van der Waals surface area contributed by atoms with E-state index in [0.717, 1.165) is 121 Å². The van der Waals surface area contributed by atoms with Crippen molar-refractivity contribution < 1.29 is 9.47 Å². The highest BCUT2D eigenvalue weighted by molar-refractivity contribution is 4.94. The van der Waals surface area contributed by atoms with Crippen LogP contribution in [0.3, 0.4) is 0 Å². The predicted molar refractivity (Wildman–Crippen MR) is 357 cm³/mol. The minimum atomic E-state index is 0.554. The molecule has 11 rings (SSSR count). The molecule has 0 aromatic carbocycles. The molecule has 0 radical (unpaired) electrons. The van der Waals surface area contributed by atoms with Crippen LogP contribution in [0.1, 0.15) is 316 Å². The van der Waals surface area contributed by atoms with Crippen LogP contribution in [-0.4, -0.2) is 110 Å². The number of piperidine rings is 1. The Balaban J connectivity index is 0.000000199. The highest BCUT2D eigenvalue weighted by Crippen LogP contribution is 2.38. The number of hydrogen-bond acceptors (Lipinski definition) is 6. The Bertz CT molecular complexity index is 1350. The van der Waals surface area contributed by atoms with E-state index in [1.165, 1.54) is 238 Å². The minimum absolute atomic E-state index is 0.554. The van der Waals surface area contributed by atoms with Crippen LogP contribution in [0.15, 0.2) is 0 Å². The molecule has 9 saturated heterocycles. The summed E-state index contributed by atoms with van der Waals surface area (Å²) < 4.78 is 11.0. The Labute approximate surface area is 509 Å². The average Bonchev–Trinajstić information content (AvgIpc) is 4.26. The second-order valence-electron chi connectivity index (χ2n) is 31.4. The molecule has 6 nitrogen and oxygen atoms in total. The van der Waals surface area contributed by atoms with Gasteiger partial charge in [0.1, 0.15) is 0 Å². The number of nitrogens with zero attached hydrogens (tertiary/aromatic N) is 3. The smallest absolute Gasteiger partial charge is 0.0598 e. The maximum absolute atomic E-state index is 5.54. The topological polar surface area (TPSA) is 40.2 Å². The minimum Gasteiger partial charge on any atom is -0.381 e. The van der Waals surface area contributed by atoms with Gasteiger partial charge in [-0.2, -0.15) is 0 Å². The van der Waals surface area contributed by atoms with Gasteiger partial charge in [-0.15, -0.1) is 0 Å². The third kappa shape index (κ3) is 28.2. The van der Waals surface area contributed by atoms with E-state index in [1.54, 1.807) is 0 Å². The Morgan fingerprint density at radius 2 is 0.827 bits per heavy atom. The Morgan fingerprint density at radius 3 is 1.33 bits per heavy atom. The second kappa shape index (κ2) is 41.8. The van der Waals surface area contributed by atoms with Gasteiger partial charge < -0.3 is 19.7 Å². The molecule has 480 valence electrons. The van der Waals surface area contributed by atoms with Gasteiger partial charge >= 0.3 is 0 Å². The third-order valence-electron chi connectivity index (χ3n) is 22.6. The average molecular weight is 1140 g/mol. The molecule has 11 aliphatic rings. The van der Waals surface area contributed by atoms with Crippen molar-refractivity contribution in [1.82, 2.24) is 20.0 Å². The van der Waals surface area contributed by atoms with E-state index < -0.39 is 0 Å². The zero-order valence-corrected chi connectivity index (χ0v) is 57.9. The fourth-order valence-corrected chi connectivity index (χ4v) is 16.7. The summed E-state index contributed by atoms with van der Waals surface area (Å²) in [6.45, 7) is 47.0. The van der Waals surface area contributed by atoms with Gasteiger partial charge in [-0.05, 0) is 233 Å². The number of hydrogen-bond donors (Lipinski definition) is 1. The van der Waals surface area contributed by atoms with Crippen molar-refractivity contribution in [2.45, 2.75) is 359 Å². The summed E-state index contributed by atoms with van der Waals surface area (Å²) >= 11 is 0. The first kappa shape index (κ1) is 73.2. The summed E-state index contributed by atoms with van der Waals surface area (Å²) in [5.74, 6) is 10.9. The van der Waals surface area contributed by atoms with Crippen molar-refractivity contribution in [3.8, 4) is 0 Å². The fourth-order valence-electron chi connectivity index (χ4n) is 16.7. The van der Waals surface area contributed by atoms with Crippen LogP contribution in [0, 0.1) is 71.0 Å². The molecule has 9 heterocycles. The van der Waals surface area contributed by atoms with E-state index in [4.69, 9.17) is 9.47 Å². The van der Waals surface area contributed by atoms with Crippen LogP contribution in [-0.2, 0) is 9.47 Å². The van der Waals surface area contributed by atoms with Crippen molar-refractivity contribution >= 4 is 0 Å². The van der Waals surface area contributed by atoms with Crippen LogP contribution in [0.25, 0.3) is 0 Å². The van der Waals surface area contributed by atoms with E-state index in [1.807, 2.05) is 0 Å². The summed E-state index contributed by atoms with van der Waals surface area (Å²) in [5, 5.41) is 3.43. The zero-order valence-electron chi connectivity index (χ0n) is 57.9. The Kier molecular flexibility index (Phi) is 37.8. The maximum atomic E-state index is 5.54. The van der Waals surface area contributed by atoms with Gasteiger partial charge in [0.25, 0.3) is 0 Å². The number of fused-ring (bicyclic) bond motifs is 4. The molecular formula is C75H148N4O2. The van der Waals surface area contributed by atoms with E-state index in [-0.39, 0.29) is 0 Å². The fraction of sp³-hybridized carbons (Fsp3) is 1.00. The largest absolute Gasteiger partial charge is 0.381 e. The van der Waals surface area contributed by atoms with Gasteiger partial charge in [0.15, 0.2) is 0 Å². The lowest BCUT2D eigenvalue weighted by Crippen LogP contribution is -2.43. The van der Waals surface area contributed by atoms with E-state index in [2.05, 4.69) is 131 Å². The SMILES string of the molecule is CC(C)C1CC2CCCN2C1.CC(C)C1CCC2CCCN21.CC(C)C1CCCCC1.CC(C)C1CCCCCC1.CC(C)C1CCCCO1.CC(C)C1CCCCOC1.CC(C)C1CCCNCC1.CC(C)N1C2CCCC1CC2. The molecule has 0 spiro atoms. The van der Waals surface area contributed by atoms with Crippen LogP contribution < -0.4 is 5.32 Å². The molecule has 9 unspecified atom stereocenters. The summed E-state index contributed by atoms with van der Waals surface area (Å²) in [4.78, 5) is 8.21. The van der Waals surface area contributed by atoms with Gasteiger partial charge in [-0.1, -0.05) is 180 Å². The highest BCUT2D eigenvalue weighted by Gasteiger charge is 2.39. The first-order valence-electron chi connectivity index (χ1n) is 37.0. The third-order valence-corrected chi connectivity index (χ3v) is 22.6. The number of rotatable bonds is 8. The lowest BCUT2D eigenvalue weighted by molar-refractivity contribution is -0.0115. The lowest BCUT2D eigenvalue weighted by atomic mass is 9.82. The molecule has 6 heteroatoms. The monoisotopic (exact) mass is 1140 g/mol. The zero-order chi connectivity index (χ0) is 59.1. The quantitative estimate of drug-likeness (QED) is 0.244. The van der Waals surface area contributed by atoms with Crippen LogP contribution in [0.4, 0.5) is 0 Å². The molecule has 9 atom stereocenters. The molecule has 9 aliphatic heterocycles.